The zero-order chi connectivity index (χ0) is 13.0. The second-order valence-electron chi connectivity index (χ2n) is 3.89. The SMILES string of the molecule is CC(C)c1c(NN)ncnc1Sc1cnccn1. The quantitative estimate of drug-likeness (QED) is 0.493. The molecule has 7 heteroatoms. The van der Waals surface area contributed by atoms with Crippen LogP contribution in [0.3, 0.4) is 0 Å². The molecule has 0 bridgehead atoms. The predicted octanol–water partition coefficient (Wildman–Crippen LogP) is 1.83. The maximum atomic E-state index is 5.47. The lowest BCUT2D eigenvalue weighted by molar-refractivity contribution is 0.803. The molecule has 0 radical (unpaired) electrons. The summed E-state index contributed by atoms with van der Waals surface area (Å²) in [4.78, 5) is 16.7. The molecule has 2 rings (SSSR count). The minimum absolute atomic E-state index is 0.261. The number of nitrogen functional groups attached to an aromatic ring is 1. The third kappa shape index (κ3) is 2.74. The van der Waals surface area contributed by atoms with E-state index < -0.39 is 0 Å². The first-order valence-electron chi connectivity index (χ1n) is 5.47. The largest absolute Gasteiger partial charge is 0.308 e. The Hall–Kier alpha value is -1.73. The van der Waals surface area contributed by atoms with Crippen LogP contribution in [0.2, 0.25) is 0 Å². The van der Waals surface area contributed by atoms with Crippen LogP contribution in [-0.4, -0.2) is 19.9 Å². The Morgan fingerprint density at radius 1 is 1.22 bits per heavy atom. The number of hydrogen-bond acceptors (Lipinski definition) is 7. The maximum Gasteiger partial charge on any atom is 0.147 e. The van der Waals surface area contributed by atoms with Gasteiger partial charge in [0.2, 0.25) is 0 Å². The molecule has 2 aromatic rings. The van der Waals surface area contributed by atoms with Gasteiger partial charge in [-0.1, -0.05) is 13.8 Å². The zero-order valence-corrected chi connectivity index (χ0v) is 11.0. The van der Waals surface area contributed by atoms with Gasteiger partial charge in [-0.05, 0) is 17.7 Å². The second kappa shape index (κ2) is 5.74. The fraction of sp³-hybridized carbons (Fsp3) is 0.273. The van der Waals surface area contributed by atoms with Crippen LogP contribution in [0.15, 0.2) is 35.0 Å². The minimum atomic E-state index is 0.261. The van der Waals surface area contributed by atoms with Crippen molar-refractivity contribution in [1.82, 2.24) is 19.9 Å². The van der Waals surface area contributed by atoms with Crippen molar-refractivity contribution in [2.75, 3.05) is 5.43 Å². The average Bonchev–Trinajstić information content (AvgIpc) is 2.39. The molecule has 0 aliphatic rings. The molecule has 0 spiro atoms. The summed E-state index contributed by atoms with van der Waals surface area (Å²) in [7, 11) is 0. The minimum Gasteiger partial charge on any atom is -0.308 e. The van der Waals surface area contributed by atoms with Crippen molar-refractivity contribution < 1.29 is 0 Å². The Morgan fingerprint density at radius 2 is 2.06 bits per heavy atom. The van der Waals surface area contributed by atoms with Gasteiger partial charge in [-0.15, -0.1) is 0 Å². The number of nitrogens with two attached hydrogens (primary N) is 1. The van der Waals surface area contributed by atoms with Crippen LogP contribution < -0.4 is 11.3 Å². The molecule has 2 aromatic heterocycles. The van der Waals surface area contributed by atoms with Gasteiger partial charge in [-0.25, -0.2) is 20.8 Å². The Labute approximate surface area is 109 Å². The van der Waals surface area contributed by atoms with Gasteiger partial charge in [-0.2, -0.15) is 0 Å². The van der Waals surface area contributed by atoms with Gasteiger partial charge < -0.3 is 5.43 Å². The molecule has 0 saturated heterocycles. The number of aromatic nitrogens is 4. The van der Waals surface area contributed by atoms with Gasteiger partial charge in [0.25, 0.3) is 0 Å². The smallest absolute Gasteiger partial charge is 0.147 e. The van der Waals surface area contributed by atoms with Crippen LogP contribution in [0.1, 0.15) is 25.3 Å². The van der Waals surface area contributed by atoms with E-state index in [1.165, 1.54) is 18.1 Å². The van der Waals surface area contributed by atoms with Gasteiger partial charge >= 0.3 is 0 Å². The lowest BCUT2D eigenvalue weighted by atomic mass is 10.1. The van der Waals surface area contributed by atoms with Crippen LogP contribution in [0, 0.1) is 0 Å². The summed E-state index contributed by atoms with van der Waals surface area (Å²) in [6, 6.07) is 0. The second-order valence-corrected chi connectivity index (χ2v) is 4.89. The number of hydrazine groups is 1. The summed E-state index contributed by atoms with van der Waals surface area (Å²) < 4.78 is 0. The Bertz CT molecular complexity index is 516. The molecule has 0 fully saturated rings. The molecule has 3 N–H and O–H groups in total. The van der Waals surface area contributed by atoms with Crippen molar-refractivity contribution in [3.63, 3.8) is 0 Å². The first-order valence-corrected chi connectivity index (χ1v) is 6.29. The van der Waals surface area contributed by atoms with Crippen LogP contribution >= 0.6 is 11.8 Å². The molecular weight excluding hydrogens is 248 g/mol. The van der Waals surface area contributed by atoms with Gasteiger partial charge in [0.05, 0.1) is 6.20 Å². The van der Waals surface area contributed by atoms with E-state index in [4.69, 9.17) is 5.84 Å². The lowest BCUT2D eigenvalue weighted by Crippen LogP contribution is -2.13. The van der Waals surface area contributed by atoms with Gasteiger partial charge in [-0.3, -0.25) is 4.98 Å². The van der Waals surface area contributed by atoms with Crippen molar-refractivity contribution in [3.8, 4) is 0 Å². The highest BCUT2D eigenvalue weighted by Gasteiger charge is 2.15. The molecule has 0 amide bonds. The highest BCUT2D eigenvalue weighted by molar-refractivity contribution is 7.99. The van der Waals surface area contributed by atoms with Gasteiger partial charge in [0, 0.05) is 18.0 Å². The summed E-state index contributed by atoms with van der Waals surface area (Å²) in [5.41, 5.74) is 3.58. The molecule has 94 valence electrons. The zero-order valence-electron chi connectivity index (χ0n) is 10.2. The Balaban J connectivity index is 2.38. The van der Waals surface area contributed by atoms with E-state index in [2.05, 4.69) is 39.2 Å². The maximum absolute atomic E-state index is 5.47. The van der Waals surface area contributed by atoms with Crippen molar-refractivity contribution in [2.24, 2.45) is 5.84 Å². The van der Waals surface area contributed by atoms with Gasteiger partial charge in [0.15, 0.2) is 0 Å². The van der Waals surface area contributed by atoms with E-state index >= 15 is 0 Å². The third-order valence-corrected chi connectivity index (χ3v) is 3.24. The molecule has 0 aliphatic heterocycles. The molecule has 0 saturated carbocycles. The third-order valence-electron chi connectivity index (χ3n) is 2.30. The van der Waals surface area contributed by atoms with Crippen molar-refractivity contribution in [2.45, 2.75) is 29.8 Å². The highest BCUT2D eigenvalue weighted by atomic mass is 32.2. The van der Waals surface area contributed by atoms with Crippen LogP contribution in [-0.2, 0) is 0 Å². The summed E-state index contributed by atoms with van der Waals surface area (Å²) in [5, 5.41) is 1.63. The molecule has 6 nitrogen and oxygen atoms in total. The standard InChI is InChI=1S/C11H14N6S/c1-7(2)9-10(17-12)15-6-16-11(9)18-8-5-13-3-4-14-8/h3-7H,12H2,1-2H3,(H,15,16,17). The monoisotopic (exact) mass is 262 g/mol. The number of hydrogen-bond donors (Lipinski definition) is 2. The summed E-state index contributed by atoms with van der Waals surface area (Å²) in [6.07, 6.45) is 6.48. The normalized spacial score (nSPS) is 10.7. The van der Waals surface area contributed by atoms with Crippen LogP contribution in [0.5, 0.6) is 0 Å². The Morgan fingerprint density at radius 3 is 2.67 bits per heavy atom. The van der Waals surface area contributed by atoms with E-state index in [-0.39, 0.29) is 5.92 Å². The summed E-state index contributed by atoms with van der Waals surface area (Å²) in [6.45, 7) is 4.14. The topological polar surface area (TPSA) is 89.6 Å². The molecule has 2 heterocycles. The van der Waals surface area contributed by atoms with Crippen LogP contribution in [0.25, 0.3) is 0 Å². The van der Waals surface area contributed by atoms with E-state index in [1.54, 1.807) is 18.6 Å². The van der Waals surface area contributed by atoms with E-state index in [0.29, 0.717) is 5.82 Å². The van der Waals surface area contributed by atoms with E-state index in [9.17, 15) is 0 Å². The predicted molar refractivity (Wildman–Crippen MR) is 70.1 cm³/mol. The van der Waals surface area contributed by atoms with Crippen LogP contribution in [0.4, 0.5) is 5.82 Å². The average molecular weight is 262 g/mol. The van der Waals surface area contributed by atoms with E-state index in [1.807, 2.05) is 0 Å². The summed E-state index contributed by atoms with van der Waals surface area (Å²) >= 11 is 1.45. The fourth-order valence-corrected chi connectivity index (χ4v) is 2.50. The first kappa shape index (κ1) is 12.7. The lowest BCUT2D eigenvalue weighted by Gasteiger charge is -2.14. The van der Waals surface area contributed by atoms with Gasteiger partial charge in [0.1, 0.15) is 22.2 Å². The molecule has 18 heavy (non-hydrogen) atoms. The van der Waals surface area contributed by atoms with Crippen molar-refractivity contribution in [1.29, 1.82) is 0 Å². The fourth-order valence-electron chi connectivity index (χ4n) is 1.53. The highest BCUT2D eigenvalue weighted by Crippen LogP contribution is 2.33. The number of nitrogens with zero attached hydrogens (tertiary/aromatic N) is 4. The first-order chi connectivity index (χ1) is 8.72. The molecule has 0 atom stereocenters. The number of rotatable bonds is 4. The molecule has 0 aliphatic carbocycles. The summed E-state index contributed by atoms with van der Waals surface area (Å²) in [5.74, 6) is 6.38. The van der Waals surface area contributed by atoms with E-state index in [0.717, 1.165) is 15.6 Å². The molecule has 0 unspecified atom stereocenters. The number of anilines is 1. The van der Waals surface area contributed by atoms with Crippen molar-refractivity contribution in [3.05, 3.63) is 30.5 Å². The molecular formula is C11H14N6S. The molecule has 0 aromatic carbocycles. The Kier molecular flexibility index (Phi) is 4.06. The van der Waals surface area contributed by atoms with Crippen molar-refractivity contribution >= 4 is 17.6 Å². The number of nitrogens with one attached hydrogen (secondary N) is 1.